The molecule has 1 unspecified atom stereocenters. The van der Waals surface area contributed by atoms with Crippen molar-refractivity contribution in [3.8, 4) is 0 Å². The zero-order valence-electron chi connectivity index (χ0n) is 15.3. The Kier molecular flexibility index (Phi) is 4.65. The predicted molar refractivity (Wildman–Crippen MR) is 101 cm³/mol. The first-order valence-electron chi connectivity index (χ1n) is 9.16. The van der Waals surface area contributed by atoms with Gasteiger partial charge >= 0.3 is 0 Å². The maximum atomic E-state index is 4.73. The Labute approximate surface area is 154 Å². The van der Waals surface area contributed by atoms with Crippen molar-refractivity contribution in [2.45, 2.75) is 39.2 Å². The summed E-state index contributed by atoms with van der Waals surface area (Å²) in [6.45, 7) is 6.80. The quantitative estimate of drug-likeness (QED) is 0.725. The van der Waals surface area contributed by atoms with Gasteiger partial charge in [-0.2, -0.15) is 0 Å². The van der Waals surface area contributed by atoms with Gasteiger partial charge in [-0.05, 0) is 38.3 Å². The Morgan fingerprint density at radius 3 is 2.92 bits per heavy atom. The number of piperidine rings is 1. The molecule has 0 bridgehead atoms. The second-order valence-corrected chi connectivity index (χ2v) is 6.98. The number of nitrogens with zero attached hydrogens (tertiary/aromatic N) is 6. The van der Waals surface area contributed by atoms with Crippen LogP contribution in [0, 0.1) is 13.8 Å². The lowest BCUT2D eigenvalue weighted by Gasteiger charge is -2.34. The molecular weight excluding hydrogens is 324 g/mol. The van der Waals surface area contributed by atoms with E-state index < -0.39 is 0 Å². The van der Waals surface area contributed by atoms with Crippen molar-refractivity contribution in [1.29, 1.82) is 0 Å². The van der Waals surface area contributed by atoms with Crippen LogP contribution in [0.5, 0.6) is 0 Å². The van der Waals surface area contributed by atoms with Gasteiger partial charge in [-0.1, -0.05) is 6.07 Å². The minimum atomic E-state index is 0.400. The van der Waals surface area contributed by atoms with Crippen molar-refractivity contribution in [2.75, 3.05) is 18.0 Å². The Morgan fingerprint density at radius 1 is 1.15 bits per heavy atom. The second kappa shape index (κ2) is 7.23. The van der Waals surface area contributed by atoms with E-state index >= 15 is 0 Å². The van der Waals surface area contributed by atoms with Crippen molar-refractivity contribution in [3.05, 3.63) is 65.9 Å². The number of hydrogen-bond acceptors (Lipinski definition) is 5. The number of aromatic nitrogens is 5. The molecule has 0 saturated carbocycles. The molecule has 1 fully saturated rings. The molecular formula is C20H24N6. The average Bonchev–Trinajstić information content (AvgIpc) is 3.13. The van der Waals surface area contributed by atoms with Crippen molar-refractivity contribution >= 4 is 5.82 Å². The number of hydrogen-bond donors (Lipinski definition) is 0. The predicted octanol–water partition coefficient (Wildman–Crippen LogP) is 3.12. The Morgan fingerprint density at radius 2 is 2.08 bits per heavy atom. The summed E-state index contributed by atoms with van der Waals surface area (Å²) in [7, 11) is 0. The molecule has 0 aliphatic carbocycles. The van der Waals surface area contributed by atoms with E-state index in [4.69, 9.17) is 4.98 Å². The fourth-order valence-corrected chi connectivity index (χ4v) is 3.71. The zero-order valence-corrected chi connectivity index (χ0v) is 15.3. The molecule has 26 heavy (non-hydrogen) atoms. The lowest BCUT2D eigenvalue weighted by atomic mass is 9.97. The molecule has 6 heteroatoms. The number of imidazole rings is 1. The normalized spacial score (nSPS) is 17.5. The molecule has 0 aromatic carbocycles. The van der Waals surface area contributed by atoms with Crippen molar-refractivity contribution in [2.24, 2.45) is 0 Å². The monoisotopic (exact) mass is 348 g/mol. The van der Waals surface area contributed by atoms with E-state index in [1.807, 2.05) is 44.7 Å². The summed E-state index contributed by atoms with van der Waals surface area (Å²) in [5, 5.41) is 0. The summed E-state index contributed by atoms with van der Waals surface area (Å²) in [4.78, 5) is 20.5. The van der Waals surface area contributed by atoms with Gasteiger partial charge in [-0.25, -0.2) is 9.97 Å². The summed E-state index contributed by atoms with van der Waals surface area (Å²) in [6.07, 6.45) is 11.8. The Balaban J connectivity index is 1.55. The van der Waals surface area contributed by atoms with Gasteiger partial charge in [0.25, 0.3) is 0 Å². The molecule has 3 aromatic heterocycles. The smallest absolute Gasteiger partial charge is 0.150 e. The molecule has 0 amide bonds. The number of rotatable bonds is 4. The molecule has 3 aromatic rings. The van der Waals surface area contributed by atoms with Crippen molar-refractivity contribution in [3.63, 3.8) is 0 Å². The molecule has 1 atom stereocenters. The summed E-state index contributed by atoms with van der Waals surface area (Å²) in [5.41, 5.74) is 3.15. The molecule has 0 spiro atoms. The molecule has 4 rings (SSSR count). The molecule has 6 nitrogen and oxygen atoms in total. The minimum Gasteiger partial charge on any atom is -0.354 e. The lowest BCUT2D eigenvalue weighted by molar-refractivity contribution is 0.473. The van der Waals surface area contributed by atoms with Gasteiger partial charge in [0.1, 0.15) is 11.6 Å². The number of aryl methyl sites for hydroxylation is 2. The third-order valence-corrected chi connectivity index (χ3v) is 4.96. The van der Waals surface area contributed by atoms with Crippen LogP contribution in [0.3, 0.4) is 0 Å². The van der Waals surface area contributed by atoms with E-state index in [2.05, 4.69) is 36.7 Å². The Bertz CT molecular complexity index is 873. The summed E-state index contributed by atoms with van der Waals surface area (Å²) < 4.78 is 2.25. The van der Waals surface area contributed by atoms with Gasteiger partial charge in [0, 0.05) is 50.0 Å². The highest BCUT2D eigenvalue weighted by atomic mass is 15.2. The first-order chi connectivity index (χ1) is 12.7. The average molecular weight is 348 g/mol. The van der Waals surface area contributed by atoms with E-state index in [0.717, 1.165) is 55.5 Å². The van der Waals surface area contributed by atoms with Gasteiger partial charge in [0.2, 0.25) is 0 Å². The third-order valence-electron chi connectivity index (χ3n) is 4.96. The van der Waals surface area contributed by atoms with E-state index in [0.29, 0.717) is 5.92 Å². The van der Waals surface area contributed by atoms with Crippen LogP contribution in [-0.4, -0.2) is 37.6 Å². The number of anilines is 1. The van der Waals surface area contributed by atoms with Crippen LogP contribution in [0.1, 0.15) is 41.5 Å². The maximum Gasteiger partial charge on any atom is 0.150 e. The van der Waals surface area contributed by atoms with Crippen LogP contribution in [0.2, 0.25) is 0 Å². The van der Waals surface area contributed by atoms with E-state index in [1.165, 1.54) is 5.56 Å². The van der Waals surface area contributed by atoms with E-state index in [1.54, 1.807) is 0 Å². The fourth-order valence-electron chi connectivity index (χ4n) is 3.71. The van der Waals surface area contributed by atoms with Gasteiger partial charge in [-0.3, -0.25) is 9.97 Å². The molecule has 0 radical (unpaired) electrons. The topological polar surface area (TPSA) is 59.7 Å². The summed E-state index contributed by atoms with van der Waals surface area (Å²) in [6, 6.07) is 4.09. The van der Waals surface area contributed by atoms with Crippen LogP contribution in [-0.2, 0) is 6.54 Å². The minimum absolute atomic E-state index is 0.400. The lowest BCUT2D eigenvalue weighted by Crippen LogP contribution is -2.36. The van der Waals surface area contributed by atoms with Gasteiger partial charge < -0.3 is 9.47 Å². The van der Waals surface area contributed by atoms with Crippen molar-refractivity contribution in [1.82, 2.24) is 24.5 Å². The molecule has 0 N–H and O–H groups in total. The SMILES string of the molecule is Cc1cnc(C)c(N2CCCC(c3nccn3Cc3cccnc3)C2)n1. The fraction of sp³-hybridized carbons (Fsp3) is 0.400. The van der Waals surface area contributed by atoms with Crippen LogP contribution in [0.4, 0.5) is 5.82 Å². The zero-order chi connectivity index (χ0) is 17.9. The number of pyridine rings is 1. The second-order valence-electron chi connectivity index (χ2n) is 6.98. The van der Waals surface area contributed by atoms with E-state index in [-0.39, 0.29) is 0 Å². The summed E-state index contributed by atoms with van der Waals surface area (Å²) in [5.74, 6) is 2.56. The molecule has 4 heterocycles. The summed E-state index contributed by atoms with van der Waals surface area (Å²) >= 11 is 0. The van der Waals surface area contributed by atoms with E-state index in [9.17, 15) is 0 Å². The molecule has 1 aliphatic heterocycles. The highest BCUT2D eigenvalue weighted by molar-refractivity contribution is 5.44. The first-order valence-corrected chi connectivity index (χ1v) is 9.16. The van der Waals surface area contributed by atoms with Crippen LogP contribution in [0.25, 0.3) is 0 Å². The molecule has 134 valence electrons. The first kappa shape index (κ1) is 16.7. The van der Waals surface area contributed by atoms with Crippen LogP contribution < -0.4 is 4.90 Å². The third kappa shape index (κ3) is 3.45. The van der Waals surface area contributed by atoms with Crippen LogP contribution >= 0.6 is 0 Å². The standard InChI is InChI=1S/C20H24N6/c1-15-11-23-16(2)19(24-15)25-9-4-6-18(14-25)20-22-8-10-26(20)13-17-5-3-7-21-12-17/h3,5,7-8,10-12,18H,4,6,9,13-14H2,1-2H3. The molecule has 1 aliphatic rings. The van der Waals surface area contributed by atoms with Gasteiger partial charge in [0.05, 0.1) is 17.9 Å². The van der Waals surface area contributed by atoms with Crippen molar-refractivity contribution < 1.29 is 0 Å². The largest absolute Gasteiger partial charge is 0.354 e. The maximum absolute atomic E-state index is 4.73. The molecule has 1 saturated heterocycles. The van der Waals surface area contributed by atoms with Gasteiger partial charge in [-0.15, -0.1) is 0 Å². The van der Waals surface area contributed by atoms with Crippen LogP contribution in [0.15, 0.2) is 43.1 Å². The Hall–Kier alpha value is -2.76. The highest BCUT2D eigenvalue weighted by Gasteiger charge is 2.26. The van der Waals surface area contributed by atoms with Gasteiger partial charge in [0.15, 0.2) is 0 Å². The highest BCUT2D eigenvalue weighted by Crippen LogP contribution is 2.29.